The Labute approximate surface area is 162 Å². The van der Waals surface area contributed by atoms with Crippen molar-refractivity contribution in [2.45, 2.75) is 18.9 Å². The van der Waals surface area contributed by atoms with E-state index in [1.807, 2.05) is 52.7 Å². The number of nitrogens with zero attached hydrogens (tertiary/aromatic N) is 2. The van der Waals surface area contributed by atoms with E-state index < -0.39 is 0 Å². The highest BCUT2D eigenvalue weighted by molar-refractivity contribution is 7.10. The standard InChI is InChI=1S/C21H21N3O2S/c25-12-10-17(19-6-3-13-27-19)23-20-8-7-16(14-22-20)21(26)24-11-9-15-4-1-2-5-18(15)24/h1-8,13-14,17,25H,9-12H2,(H,22,23). The topological polar surface area (TPSA) is 65.5 Å². The Hall–Kier alpha value is -2.70. The number of nitrogens with one attached hydrogen (secondary N) is 1. The van der Waals surface area contributed by atoms with Crippen LogP contribution in [0.5, 0.6) is 0 Å². The number of benzene rings is 1. The van der Waals surface area contributed by atoms with Gasteiger partial charge in [-0.1, -0.05) is 24.3 Å². The van der Waals surface area contributed by atoms with Gasteiger partial charge in [-0.2, -0.15) is 0 Å². The minimum absolute atomic E-state index is 0.00881. The van der Waals surface area contributed by atoms with Gasteiger partial charge in [-0.05, 0) is 48.1 Å². The average Bonchev–Trinajstić information content (AvgIpc) is 3.38. The zero-order chi connectivity index (χ0) is 18.6. The summed E-state index contributed by atoms with van der Waals surface area (Å²) in [5, 5.41) is 14.7. The number of fused-ring (bicyclic) bond motifs is 1. The van der Waals surface area contributed by atoms with Gasteiger partial charge in [-0.25, -0.2) is 4.98 Å². The van der Waals surface area contributed by atoms with E-state index in [2.05, 4.69) is 16.4 Å². The molecule has 0 radical (unpaired) electrons. The summed E-state index contributed by atoms with van der Waals surface area (Å²) in [6.07, 6.45) is 3.11. The lowest BCUT2D eigenvalue weighted by Gasteiger charge is -2.19. The van der Waals surface area contributed by atoms with Crippen molar-refractivity contribution in [3.05, 3.63) is 76.1 Å². The lowest BCUT2D eigenvalue weighted by Crippen LogP contribution is -2.29. The van der Waals surface area contributed by atoms with Crippen molar-refractivity contribution in [2.75, 3.05) is 23.4 Å². The molecule has 0 bridgehead atoms. The third-order valence-corrected chi connectivity index (χ3v) is 5.76. The summed E-state index contributed by atoms with van der Waals surface area (Å²) in [4.78, 5) is 20.3. The van der Waals surface area contributed by atoms with Crippen LogP contribution in [0.4, 0.5) is 11.5 Å². The Bertz CT molecular complexity index is 909. The first-order valence-electron chi connectivity index (χ1n) is 9.03. The maximum Gasteiger partial charge on any atom is 0.259 e. The number of thiophene rings is 1. The minimum Gasteiger partial charge on any atom is -0.396 e. The number of hydrogen-bond donors (Lipinski definition) is 2. The molecule has 0 spiro atoms. The number of anilines is 2. The maximum absolute atomic E-state index is 12.9. The largest absolute Gasteiger partial charge is 0.396 e. The molecule has 1 aliphatic heterocycles. The molecule has 1 atom stereocenters. The highest BCUT2D eigenvalue weighted by Crippen LogP contribution is 2.29. The zero-order valence-corrected chi connectivity index (χ0v) is 15.7. The SMILES string of the molecule is O=C(c1ccc(NC(CCO)c2cccs2)nc1)N1CCc2ccccc21. The normalized spacial score (nSPS) is 14.0. The molecule has 1 unspecified atom stereocenters. The number of aliphatic hydroxyl groups excluding tert-OH is 1. The van der Waals surface area contributed by atoms with E-state index in [-0.39, 0.29) is 18.6 Å². The Morgan fingerprint density at radius 2 is 2.11 bits per heavy atom. The molecular weight excluding hydrogens is 358 g/mol. The number of carbonyl (C=O) groups is 1. The van der Waals surface area contributed by atoms with E-state index in [1.165, 1.54) is 5.56 Å². The fourth-order valence-corrected chi connectivity index (χ4v) is 4.21. The molecule has 27 heavy (non-hydrogen) atoms. The fourth-order valence-electron chi connectivity index (χ4n) is 3.39. The van der Waals surface area contributed by atoms with E-state index in [1.54, 1.807) is 17.5 Å². The Kier molecular flexibility index (Phi) is 5.18. The van der Waals surface area contributed by atoms with Gasteiger partial charge in [0, 0.05) is 29.9 Å². The summed E-state index contributed by atoms with van der Waals surface area (Å²) in [5.74, 6) is 0.671. The van der Waals surface area contributed by atoms with Crippen LogP contribution < -0.4 is 10.2 Å². The van der Waals surface area contributed by atoms with Gasteiger partial charge in [0.15, 0.2) is 0 Å². The van der Waals surface area contributed by atoms with E-state index in [0.29, 0.717) is 24.3 Å². The van der Waals surface area contributed by atoms with Crippen LogP contribution in [0.2, 0.25) is 0 Å². The van der Waals surface area contributed by atoms with Gasteiger partial charge in [0.25, 0.3) is 5.91 Å². The molecule has 1 amide bonds. The molecule has 0 aliphatic carbocycles. The first-order chi connectivity index (χ1) is 13.3. The van der Waals surface area contributed by atoms with Crippen LogP contribution in [0.3, 0.4) is 0 Å². The number of aromatic nitrogens is 1. The molecule has 0 fully saturated rings. The van der Waals surface area contributed by atoms with E-state index in [9.17, 15) is 9.90 Å². The third-order valence-electron chi connectivity index (χ3n) is 4.77. The summed E-state index contributed by atoms with van der Waals surface area (Å²) >= 11 is 1.65. The molecule has 1 aliphatic rings. The van der Waals surface area contributed by atoms with Crippen LogP contribution in [-0.2, 0) is 6.42 Å². The molecule has 0 saturated heterocycles. The van der Waals surface area contributed by atoms with Gasteiger partial charge >= 0.3 is 0 Å². The van der Waals surface area contributed by atoms with Crippen LogP contribution in [0.25, 0.3) is 0 Å². The smallest absolute Gasteiger partial charge is 0.259 e. The monoisotopic (exact) mass is 379 g/mol. The summed E-state index contributed by atoms with van der Waals surface area (Å²) < 4.78 is 0. The van der Waals surface area contributed by atoms with Crippen LogP contribution >= 0.6 is 11.3 Å². The zero-order valence-electron chi connectivity index (χ0n) is 14.8. The van der Waals surface area contributed by atoms with E-state index in [0.717, 1.165) is 17.0 Å². The van der Waals surface area contributed by atoms with Gasteiger partial charge in [0.1, 0.15) is 5.82 Å². The molecule has 6 heteroatoms. The van der Waals surface area contributed by atoms with Gasteiger partial charge < -0.3 is 15.3 Å². The predicted molar refractivity (Wildman–Crippen MR) is 108 cm³/mol. The highest BCUT2D eigenvalue weighted by atomic mass is 32.1. The van der Waals surface area contributed by atoms with E-state index in [4.69, 9.17) is 0 Å². The fraction of sp³-hybridized carbons (Fsp3) is 0.238. The second-order valence-electron chi connectivity index (χ2n) is 6.49. The number of hydrogen-bond acceptors (Lipinski definition) is 5. The summed E-state index contributed by atoms with van der Waals surface area (Å²) in [6.45, 7) is 0.801. The quantitative estimate of drug-likeness (QED) is 0.682. The maximum atomic E-state index is 12.9. The molecule has 2 N–H and O–H groups in total. The van der Waals surface area contributed by atoms with Crippen LogP contribution in [0, 0.1) is 0 Å². The van der Waals surface area contributed by atoms with Crippen molar-refractivity contribution in [2.24, 2.45) is 0 Å². The molecule has 4 rings (SSSR count). The second kappa shape index (κ2) is 7.90. The molecule has 3 heterocycles. The number of aliphatic hydroxyl groups is 1. The van der Waals surface area contributed by atoms with Crippen molar-refractivity contribution in [3.63, 3.8) is 0 Å². The summed E-state index contributed by atoms with van der Waals surface area (Å²) in [7, 11) is 0. The Balaban J connectivity index is 1.48. The molecule has 2 aromatic heterocycles. The number of para-hydroxylation sites is 1. The number of amides is 1. The molecular formula is C21H21N3O2S. The van der Waals surface area contributed by atoms with Crippen molar-refractivity contribution in [1.29, 1.82) is 0 Å². The van der Waals surface area contributed by atoms with Crippen LogP contribution in [-0.4, -0.2) is 29.1 Å². The van der Waals surface area contributed by atoms with Gasteiger partial charge in [0.05, 0.1) is 11.6 Å². The predicted octanol–water partition coefficient (Wildman–Crippen LogP) is 3.88. The number of rotatable bonds is 6. The van der Waals surface area contributed by atoms with Crippen LogP contribution in [0.1, 0.15) is 33.3 Å². The molecule has 5 nitrogen and oxygen atoms in total. The Morgan fingerprint density at radius 1 is 1.22 bits per heavy atom. The summed E-state index contributed by atoms with van der Waals surface area (Å²) in [5.41, 5.74) is 2.78. The van der Waals surface area contributed by atoms with Crippen molar-refractivity contribution >= 4 is 28.7 Å². The van der Waals surface area contributed by atoms with Crippen molar-refractivity contribution in [1.82, 2.24) is 4.98 Å². The first-order valence-corrected chi connectivity index (χ1v) is 9.91. The third kappa shape index (κ3) is 3.72. The second-order valence-corrected chi connectivity index (χ2v) is 7.47. The van der Waals surface area contributed by atoms with E-state index >= 15 is 0 Å². The van der Waals surface area contributed by atoms with Gasteiger partial charge in [-0.3, -0.25) is 4.79 Å². The van der Waals surface area contributed by atoms with Gasteiger partial charge in [-0.15, -0.1) is 11.3 Å². The number of pyridine rings is 1. The van der Waals surface area contributed by atoms with Gasteiger partial charge in [0.2, 0.25) is 0 Å². The highest BCUT2D eigenvalue weighted by Gasteiger charge is 2.25. The van der Waals surface area contributed by atoms with Crippen LogP contribution in [0.15, 0.2) is 60.1 Å². The van der Waals surface area contributed by atoms with Crippen molar-refractivity contribution < 1.29 is 9.90 Å². The minimum atomic E-state index is -0.0239. The average molecular weight is 379 g/mol. The Morgan fingerprint density at radius 3 is 2.85 bits per heavy atom. The number of carbonyl (C=O) groups excluding carboxylic acids is 1. The lowest BCUT2D eigenvalue weighted by molar-refractivity contribution is 0.0989. The lowest BCUT2D eigenvalue weighted by atomic mass is 10.1. The summed E-state index contributed by atoms with van der Waals surface area (Å²) in [6, 6.07) is 15.7. The molecule has 1 aromatic carbocycles. The molecule has 3 aromatic rings. The first kappa shape index (κ1) is 17.7. The molecule has 138 valence electrons. The van der Waals surface area contributed by atoms with Crippen molar-refractivity contribution in [3.8, 4) is 0 Å². The molecule has 0 saturated carbocycles.